The monoisotopic (exact) mass is 250 g/mol. The molecule has 1 heterocycles. The largest absolute Gasteiger partial charge is 0.480 e. The number of carboxylic acids is 1. The van der Waals surface area contributed by atoms with Gasteiger partial charge in [0.2, 0.25) is 0 Å². The van der Waals surface area contributed by atoms with Crippen molar-refractivity contribution in [1.29, 1.82) is 0 Å². The van der Waals surface area contributed by atoms with Gasteiger partial charge in [0.1, 0.15) is 11.7 Å². The van der Waals surface area contributed by atoms with E-state index in [0.717, 1.165) is 5.69 Å². The van der Waals surface area contributed by atoms with Crippen LogP contribution >= 0.6 is 0 Å². The molecule has 0 aliphatic carbocycles. The zero-order valence-corrected chi connectivity index (χ0v) is 10.8. The van der Waals surface area contributed by atoms with Gasteiger partial charge in [-0.3, -0.25) is 4.79 Å². The lowest BCUT2D eigenvalue weighted by Crippen LogP contribution is -2.41. The van der Waals surface area contributed by atoms with Gasteiger partial charge in [-0.1, -0.05) is 19.9 Å². The summed E-state index contributed by atoms with van der Waals surface area (Å²) in [7, 11) is 0. The predicted octanol–water partition coefficient (Wildman–Crippen LogP) is 1.62. The molecule has 0 spiro atoms. The number of aromatic nitrogens is 1. The van der Waals surface area contributed by atoms with E-state index in [1.54, 1.807) is 25.1 Å². The smallest absolute Gasteiger partial charge is 0.326 e. The van der Waals surface area contributed by atoms with Crippen molar-refractivity contribution in [3.63, 3.8) is 0 Å². The maximum atomic E-state index is 11.9. The van der Waals surface area contributed by atoms with Crippen molar-refractivity contribution in [3.05, 3.63) is 29.6 Å². The molecule has 5 heteroatoms. The van der Waals surface area contributed by atoms with Gasteiger partial charge in [0.15, 0.2) is 0 Å². The molecule has 0 fully saturated rings. The Labute approximate surface area is 106 Å². The summed E-state index contributed by atoms with van der Waals surface area (Å²) in [6.07, 6.45) is 0.396. The Balaban J connectivity index is 2.75. The van der Waals surface area contributed by atoms with Crippen LogP contribution in [0.15, 0.2) is 18.2 Å². The highest BCUT2D eigenvalue weighted by Crippen LogP contribution is 2.06. The lowest BCUT2D eigenvalue weighted by molar-refractivity contribution is -0.139. The summed E-state index contributed by atoms with van der Waals surface area (Å²) >= 11 is 0. The standard InChI is InChI=1S/C13H18N2O3/c1-8(2)7-11(13(17)18)15-12(16)10-6-4-5-9(3)14-10/h4-6,8,11H,7H2,1-3H3,(H,15,16)(H,17,18)/t11-/m0/s1. The molecule has 0 unspecified atom stereocenters. The van der Waals surface area contributed by atoms with Crippen LogP contribution < -0.4 is 5.32 Å². The third-order valence-electron chi connectivity index (χ3n) is 2.43. The number of hydrogen-bond donors (Lipinski definition) is 2. The topological polar surface area (TPSA) is 79.3 Å². The molecule has 1 aromatic rings. The quantitative estimate of drug-likeness (QED) is 0.832. The second kappa shape index (κ2) is 6.14. The van der Waals surface area contributed by atoms with Crippen LogP contribution in [0.5, 0.6) is 0 Å². The van der Waals surface area contributed by atoms with Crippen LogP contribution in [0.3, 0.4) is 0 Å². The van der Waals surface area contributed by atoms with Gasteiger partial charge in [-0.2, -0.15) is 0 Å². The molecule has 0 aromatic carbocycles. The first-order valence-electron chi connectivity index (χ1n) is 5.87. The first-order chi connectivity index (χ1) is 8.40. The molecule has 2 N–H and O–H groups in total. The first-order valence-corrected chi connectivity index (χ1v) is 5.87. The minimum Gasteiger partial charge on any atom is -0.480 e. The number of carbonyl (C=O) groups excluding carboxylic acids is 1. The molecule has 1 atom stereocenters. The Kier molecular flexibility index (Phi) is 4.83. The zero-order chi connectivity index (χ0) is 13.7. The summed E-state index contributed by atoms with van der Waals surface area (Å²) in [5.74, 6) is -1.28. The number of amides is 1. The highest BCUT2D eigenvalue weighted by atomic mass is 16.4. The fraction of sp³-hybridized carbons (Fsp3) is 0.462. The molecule has 0 aliphatic rings. The molecule has 0 saturated heterocycles. The van der Waals surface area contributed by atoms with E-state index in [9.17, 15) is 9.59 Å². The number of pyridine rings is 1. The van der Waals surface area contributed by atoms with Gasteiger partial charge >= 0.3 is 5.97 Å². The first kappa shape index (κ1) is 14.2. The lowest BCUT2D eigenvalue weighted by Gasteiger charge is -2.16. The van der Waals surface area contributed by atoms with Gasteiger partial charge in [-0.15, -0.1) is 0 Å². The molecular formula is C13H18N2O3. The number of aliphatic carboxylic acids is 1. The van der Waals surface area contributed by atoms with Crippen LogP contribution in [0.2, 0.25) is 0 Å². The van der Waals surface area contributed by atoms with Crippen LogP contribution in [0.4, 0.5) is 0 Å². The van der Waals surface area contributed by atoms with Crippen LogP contribution in [0.1, 0.15) is 36.5 Å². The SMILES string of the molecule is Cc1cccc(C(=O)N[C@@H](CC(C)C)C(=O)O)n1. The van der Waals surface area contributed by atoms with Crippen molar-refractivity contribution >= 4 is 11.9 Å². The maximum Gasteiger partial charge on any atom is 0.326 e. The molecular weight excluding hydrogens is 232 g/mol. The van der Waals surface area contributed by atoms with Crippen molar-refractivity contribution in [3.8, 4) is 0 Å². The van der Waals surface area contributed by atoms with E-state index in [1.807, 2.05) is 13.8 Å². The highest BCUT2D eigenvalue weighted by molar-refractivity contribution is 5.94. The summed E-state index contributed by atoms with van der Waals surface area (Å²) in [6, 6.07) is 4.19. The molecule has 0 aliphatic heterocycles. The van der Waals surface area contributed by atoms with E-state index in [2.05, 4.69) is 10.3 Å². The normalized spacial score (nSPS) is 12.2. The van der Waals surface area contributed by atoms with E-state index >= 15 is 0 Å². The predicted molar refractivity (Wildman–Crippen MR) is 67.3 cm³/mol. The Bertz CT molecular complexity index is 444. The summed E-state index contributed by atoms with van der Waals surface area (Å²) in [6.45, 7) is 5.60. The minimum absolute atomic E-state index is 0.192. The van der Waals surface area contributed by atoms with E-state index in [4.69, 9.17) is 5.11 Å². The Morgan fingerprint density at radius 1 is 1.39 bits per heavy atom. The molecule has 98 valence electrons. The van der Waals surface area contributed by atoms with Crippen LogP contribution in [0, 0.1) is 12.8 Å². The second-order valence-electron chi connectivity index (χ2n) is 4.66. The Morgan fingerprint density at radius 2 is 2.06 bits per heavy atom. The number of nitrogens with one attached hydrogen (secondary N) is 1. The molecule has 1 aromatic heterocycles. The fourth-order valence-electron chi connectivity index (χ4n) is 1.59. The highest BCUT2D eigenvalue weighted by Gasteiger charge is 2.22. The summed E-state index contributed by atoms with van der Waals surface area (Å²) in [5.41, 5.74) is 0.961. The minimum atomic E-state index is -1.02. The number of hydrogen-bond acceptors (Lipinski definition) is 3. The maximum absolute atomic E-state index is 11.9. The van der Waals surface area contributed by atoms with Crippen LogP contribution in [0.25, 0.3) is 0 Å². The van der Waals surface area contributed by atoms with Gasteiger partial charge < -0.3 is 10.4 Å². The van der Waals surface area contributed by atoms with Crippen molar-refractivity contribution in [1.82, 2.24) is 10.3 Å². The molecule has 5 nitrogen and oxygen atoms in total. The molecule has 0 radical (unpaired) electrons. The summed E-state index contributed by atoms with van der Waals surface area (Å²) in [4.78, 5) is 26.9. The van der Waals surface area contributed by atoms with Gasteiger partial charge in [-0.05, 0) is 31.4 Å². The van der Waals surface area contributed by atoms with E-state index in [-0.39, 0.29) is 11.6 Å². The number of rotatable bonds is 5. The number of carbonyl (C=O) groups is 2. The van der Waals surface area contributed by atoms with Crippen molar-refractivity contribution in [2.45, 2.75) is 33.2 Å². The second-order valence-corrected chi connectivity index (χ2v) is 4.66. The number of carboxylic acid groups (broad SMARTS) is 1. The third-order valence-corrected chi connectivity index (χ3v) is 2.43. The van der Waals surface area contributed by atoms with Gasteiger partial charge in [0, 0.05) is 5.69 Å². The van der Waals surface area contributed by atoms with Crippen LogP contribution in [-0.4, -0.2) is 28.0 Å². The van der Waals surface area contributed by atoms with E-state index in [0.29, 0.717) is 6.42 Å². The molecule has 0 bridgehead atoms. The van der Waals surface area contributed by atoms with Crippen molar-refractivity contribution < 1.29 is 14.7 Å². The Morgan fingerprint density at radius 3 is 2.56 bits per heavy atom. The number of aryl methyl sites for hydroxylation is 1. The fourth-order valence-corrected chi connectivity index (χ4v) is 1.59. The van der Waals surface area contributed by atoms with Gasteiger partial charge in [-0.25, -0.2) is 9.78 Å². The molecule has 18 heavy (non-hydrogen) atoms. The zero-order valence-electron chi connectivity index (χ0n) is 10.8. The molecule has 1 amide bonds. The number of nitrogens with zero attached hydrogens (tertiary/aromatic N) is 1. The third kappa shape index (κ3) is 4.16. The van der Waals surface area contributed by atoms with Crippen molar-refractivity contribution in [2.24, 2.45) is 5.92 Å². The van der Waals surface area contributed by atoms with Crippen LogP contribution in [-0.2, 0) is 4.79 Å². The summed E-state index contributed by atoms with van der Waals surface area (Å²) < 4.78 is 0. The van der Waals surface area contributed by atoms with Crippen molar-refractivity contribution in [2.75, 3.05) is 0 Å². The lowest BCUT2D eigenvalue weighted by atomic mass is 10.0. The van der Waals surface area contributed by atoms with E-state index in [1.165, 1.54) is 0 Å². The van der Waals surface area contributed by atoms with E-state index < -0.39 is 17.9 Å². The average molecular weight is 250 g/mol. The summed E-state index contributed by atoms with van der Waals surface area (Å²) in [5, 5.41) is 11.5. The molecule has 1 rings (SSSR count). The molecule has 0 saturated carbocycles. The Hall–Kier alpha value is -1.91. The van der Waals surface area contributed by atoms with Gasteiger partial charge in [0.25, 0.3) is 5.91 Å². The van der Waals surface area contributed by atoms with Gasteiger partial charge in [0.05, 0.1) is 0 Å². The average Bonchev–Trinajstić information content (AvgIpc) is 2.27.